The number of nitrogen functional groups attached to an aromatic ring is 1. The van der Waals surface area contributed by atoms with E-state index in [0.717, 1.165) is 25.9 Å². The number of hydrogen-bond acceptors (Lipinski definition) is 8. The highest BCUT2D eigenvalue weighted by atomic mass is 16.5. The van der Waals surface area contributed by atoms with Crippen LogP contribution in [0, 0.1) is 0 Å². The van der Waals surface area contributed by atoms with E-state index in [9.17, 15) is 0 Å². The molecule has 0 radical (unpaired) electrons. The van der Waals surface area contributed by atoms with E-state index < -0.39 is 0 Å². The highest BCUT2D eigenvalue weighted by molar-refractivity contribution is 5.35. The topological polar surface area (TPSA) is 101 Å². The summed E-state index contributed by atoms with van der Waals surface area (Å²) >= 11 is 0. The summed E-state index contributed by atoms with van der Waals surface area (Å²) in [4.78, 5) is 14.7. The van der Waals surface area contributed by atoms with Crippen molar-refractivity contribution in [3.63, 3.8) is 0 Å². The lowest BCUT2D eigenvalue weighted by Gasteiger charge is -2.29. The van der Waals surface area contributed by atoms with Gasteiger partial charge >= 0.3 is 6.01 Å². The fourth-order valence-electron chi connectivity index (χ4n) is 2.01. The maximum Gasteiger partial charge on any atom is 0.323 e. The molecule has 0 unspecified atom stereocenters. The summed E-state index contributed by atoms with van der Waals surface area (Å²) in [5, 5.41) is 3.31. The minimum absolute atomic E-state index is 0.279. The quantitative estimate of drug-likeness (QED) is 0.508. The van der Waals surface area contributed by atoms with Gasteiger partial charge in [-0.3, -0.25) is 5.43 Å². The molecule has 1 aromatic rings. The third-order valence-corrected chi connectivity index (χ3v) is 3.07. The zero-order valence-electron chi connectivity index (χ0n) is 11.4. The molecule has 8 heteroatoms. The van der Waals surface area contributed by atoms with Gasteiger partial charge in [0.25, 0.3) is 0 Å². The molecule has 2 heterocycles. The van der Waals surface area contributed by atoms with Crippen LogP contribution < -0.4 is 21.3 Å². The van der Waals surface area contributed by atoms with E-state index in [-0.39, 0.29) is 6.01 Å². The highest BCUT2D eigenvalue weighted by Crippen LogP contribution is 2.15. The Morgan fingerprint density at radius 1 is 1.26 bits per heavy atom. The van der Waals surface area contributed by atoms with Gasteiger partial charge in [-0.1, -0.05) is 0 Å². The average Bonchev–Trinajstić information content (AvgIpc) is 2.41. The van der Waals surface area contributed by atoms with E-state index in [4.69, 9.17) is 10.6 Å². The van der Waals surface area contributed by atoms with E-state index in [1.54, 1.807) is 0 Å². The zero-order valence-corrected chi connectivity index (χ0v) is 11.4. The number of aromatic nitrogens is 3. The van der Waals surface area contributed by atoms with Gasteiger partial charge in [-0.25, -0.2) is 5.84 Å². The number of likely N-dealkylation sites (tertiary alicyclic amines) is 1. The summed E-state index contributed by atoms with van der Waals surface area (Å²) in [7, 11) is 2.13. The lowest BCUT2D eigenvalue weighted by atomic mass is 10.1. The minimum Gasteiger partial charge on any atom is -0.464 e. The minimum atomic E-state index is 0.279. The van der Waals surface area contributed by atoms with Crippen molar-refractivity contribution in [1.29, 1.82) is 0 Å². The smallest absolute Gasteiger partial charge is 0.323 e. The highest BCUT2D eigenvalue weighted by Gasteiger charge is 2.18. The maximum atomic E-state index is 5.34. The third-order valence-electron chi connectivity index (χ3n) is 3.07. The lowest BCUT2D eigenvalue weighted by Crippen LogP contribution is -2.37. The molecule has 106 valence electrons. The first-order valence-corrected chi connectivity index (χ1v) is 6.52. The Kier molecular flexibility index (Phi) is 4.69. The molecule has 0 aliphatic carbocycles. The zero-order chi connectivity index (χ0) is 13.7. The van der Waals surface area contributed by atoms with E-state index in [1.165, 1.54) is 0 Å². The van der Waals surface area contributed by atoms with E-state index in [0.29, 0.717) is 24.5 Å². The molecule has 1 aliphatic rings. The Morgan fingerprint density at radius 3 is 2.58 bits per heavy atom. The number of ether oxygens (including phenoxy) is 1. The summed E-state index contributed by atoms with van der Waals surface area (Å²) in [6.45, 7) is 4.53. The van der Waals surface area contributed by atoms with Crippen LogP contribution in [-0.4, -0.2) is 52.6 Å². The van der Waals surface area contributed by atoms with Crippen LogP contribution in [0.2, 0.25) is 0 Å². The summed E-state index contributed by atoms with van der Waals surface area (Å²) in [6, 6.07) is 0.652. The summed E-state index contributed by atoms with van der Waals surface area (Å²) in [5.41, 5.74) is 2.42. The van der Waals surface area contributed by atoms with Crippen molar-refractivity contribution in [2.45, 2.75) is 25.8 Å². The van der Waals surface area contributed by atoms with Gasteiger partial charge in [-0.15, -0.1) is 0 Å². The first-order chi connectivity index (χ1) is 9.21. The molecule has 0 atom stereocenters. The predicted molar refractivity (Wildman–Crippen MR) is 72.9 cm³/mol. The van der Waals surface area contributed by atoms with E-state index in [2.05, 4.69) is 37.6 Å². The van der Waals surface area contributed by atoms with Gasteiger partial charge in [0.2, 0.25) is 11.9 Å². The maximum absolute atomic E-state index is 5.34. The van der Waals surface area contributed by atoms with Gasteiger partial charge in [-0.05, 0) is 39.9 Å². The fourth-order valence-corrected chi connectivity index (χ4v) is 2.01. The number of piperidine rings is 1. The van der Waals surface area contributed by atoms with Crippen LogP contribution in [0.3, 0.4) is 0 Å². The molecule has 1 aromatic heterocycles. The number of anilines is 2. The van der Waals surface area contributed by atoms with Crippen molar-refractivity contribution in [3.8, 4) is 6.01 Å². The second kappa shape index (κ2) is 6.48. The van der Waals surface area contributed by atoms with Crippen molar-refractivity contribution in [3.05, 3.63) is 0 Å². The monoisotopic (exact) mass is 267 g/mol. The Labute approximate surface area is 112 Å². The largest absolute Gasteiger partial charge is 0.464 e. The van der Waals surface area contributed by atoms with Crippen molar-refractivity contribution in [2.24, 2.45) is 5.84 Å². The van der Waals surface area contributed by atoms with Gasteiger partial charge in [0.15, 0.2) is 0 Å². The van der Waals surface area contributed by atoms with E-state index in [1.807, 2.05) is 6.92 Å². The Bertz CT molecular complexity index is 406. The Hall–Kier alpha value is -1.67. The third kappa shape index (κ3) is 3.90. The summed E-state index contributed by atoms with van der Waals surface area (Å²) in [6.07, 6.45) is 2.13. The summed E-state index contributed by atoms with van der Waals surface area (Å²) < 4.78 is 5.29. The van der Waals surface area contributed by atoms with Gasteiger partial charge in [0, 0.05) is 6.04 Å². The SMILES string of the molecule is CCOc1nc(NN)nc(NC2CCN(C)CC2)n1. The molecule has 0 aromatic carbocycles. The van der Waals surface area contributed by atoms with Gasteiger partial charge < -0.3 is 15.0 Å². The van der Waals surface area contributed by atoms with Crippen molar-refractivity contribution >= 4 is 11.9 Å². The molecular formula is C11H21N7O. The van der Waals surface area contributed by atoms with Gasteiger partial charge in [0.1, 0.15) is 0 Å². The number of nitrogens with two attached hydrogens (primary N) is 1. The molecule has 1 fully saturated rings. The predicted octanol–water partition coefficient (Wildman–Crippen LogP) is 0.0620. The number of hydrazine groups is 1. The average molecular weight is 267 g/mol. The van der Waals surface area contributed by atoms with Gasteiger partial charge in [-0.2, -0.15) is 15.0 Å². The van der Waals surface area contributed by atoms with Crippen LogP contribution in [0.5, 0.6) is 6.01 Å². The number of rotatable bonds is 5. The van der Waals surface area contributed by atoms with Crippen molar-refractivity contribution < 1.29 is 4.74 Å². The lowest BCUT2D eigenvalue weighted by molar-refractivity contribution is 0.263. The molecule has 1 saturated heterocycles. The second-order valence-corrected chi connectivity index (χ2v) is 4.56. The number of hydrogen-bond donors (Lipinski definition) is 3. The normalized spacial score (nSPS) is 17.2. The first kappa shape index (κ1) is 13.8. The molecular weight excluding hydrogens is 246 g/mol. The summed E-state index contributed by atoms with van der Waals surface area (Å²) in [5.74, 6) is 6.14. The van der Waals surface area contributed by atoms with Crippen LogP contribution in [-0.2, 0) is 0 Å². The van der Waals surface area contributed by atoms with E-state index >= 15 is 0 Å². The molecule has 19 heavy (non-hydrogen) atoms. The second-order valence-electron chi connectivity index (χ2n) is 4.56. The van der Waals surface area contributed by atoms with Crippen molar-refractivity contribution in [1.82, 2.24) is 19.9 Å². The number of nitrogens with one attached hydrogen (secondary N) is 2. The Balaban J connectivity index is 2.04. The Morgan fingerprint density at radius 2 is 1.95 bits per heavy atom. The molecule has 0 amide bonds. The molecule has 0 bridgehead atoms. The van der Waals surface area contributed by atoms with Crippen LogP contribution in [0.25, 0.3) is 0 Å². The fraction of sp³-hybridized carbons (Fsp3) is 0.727. The van der Waals surface area contributed by atoms with Crippen molar-refractivity contribution in [2.75, 3.05) is 37.5 Å². The molecule has 4 N–H and O–H groups in total. The molecule has 8 nitrogen and oxygen atoms in total. The van der Waals surface area contributed by atoms with Crippen LogP contribution in [0.15, 0.2) is 0 Å². The standard InChI is InChI=1S/C11H21N7O/c1-3-19-11-15-9(14-10(16-11)17-12)13-8-4-6-18(2)7-5-8/h8H,3-7,12H2,1-2H3,(H2,13,14,15,16,17). The van der Waals surface area contributed by atoms with Crippen LogP contribution >= 0.6 is 0 Å². The molecule has 1 aliphatic heterocycles. The van der Waals surface area contributed by atoms with Crippen LogP contribution in [0.1, 0.15) is 19.8 Å². The first-order valence-electron chi connectivity index (χ1n) is 6.52. The molecule has 2 rings (SSSR count). The number of nitrogens with zero attached hydrogens (tertiary/aromatic N) is 4. The van der Waals surface area contributed by atoms with Gasteiger partial charge in [0.05, 0.1) is 6.61 Å². The molecule has 0 saturated carbocycles. The van der Waals surface area contributed by atoms with Crippen LogP contribution in [0.4, 0.5) is 11.9 Å². The molecule has 0 spiro atoms.